The Morgan fingerprint density at radius 3 is 2.78 bits per heavy atom. The van der Waals surface area contributed by atoms with Crippen LogP contribution < -0.4 is 5.32 Å². The molecule has 0 saturated carbocycles. The molecule has 6 heteroatoms. The fourth-order valence-electron chi connectivity index (χ4n) is 1.57. The molecule has 18 heavy (non-hydrogen) atoms. The summed E-state index contributed by atoms with van der Waals surface area (Å²) in [6, 6.07) is 6.36. The normalized spacial score (nSPS) is 10.6. The number of rotatable bonds is 6. The van der Waals surface area contributed by atoms with Gasteiger partial charge in [-0.05, 0) is 34.5 Å². The van der Waals surface area contributed by atoms with Crippen LogP contribution in [-0.2, 0) is 13.1 Å². The lowest BCUT2D eigenvalue weighted by molar-refractivity contribution is 0.556. The van der Waals surface area contributed by atoms with Gasteiger partial charge in [-0.15, -0.1) is 0 Å². The highest BCUT2D eigenvalue weighted by Gasteiger charge is 2.04. The summed E-state index contributed by atoms with van der Waals surface area (Å²) < 4.78 is 14.5. The zero-order valence-electron chi connectivity index (χ0n) is 10.3. The van der Waals surface area contributed by atoms with E-state index in [0.717, 1.165) is 24.9 Å². The van der Waals surface area contributed by atoms with E-state index in [2.05, 4.69) is 27.8 Å². The Hall–Kier alpha value is -1.98. The van der Waals surface area contributed by atoms with Crippen molar-refractivity contribution in [2.75, 3.05) is 5.32 Å². The van der Waals surface area contributed by atoms with Crippen LogP contribution in [0.3, 0.4) is 0 Å². The Morgan fingerprint density at radius 1 is 1.28 bits per heavy atom. The molecule has 0 bridgehead atoms. The number of unbranched alkanes of at least 4 members (excludes halogenated alkanes) is 1. The van der Waals surface area contributed by atoms with E-state index in [1.165, 1.54) is 12.1 Å². The van der Waals surface area contributed by atoms with Gasteiger partial charge in [-0.25, -0.2) is 9.07 Å². The van der Waals surface area contributed by atoms with Gasteiger partial charge in [0.15, 0.2) is 0 Å². The summed E-state index contributed by atoms with van der Waals surface area (Å²) in [6.07, 6.45) is 2.13. The van der Waals surface area contributed by atoms with Crippen LogP contribution >= 0.6 is 0 Å². The van der Waals surface area contributed by atoms with Crippen molar-refractivity contribution in [3.8, 4) is 0 Å². The number of tetrazole rings is 1. The maximum Gasteiger partial charge on any atom is 0.243 e. The zero-order valence-corrected chi connectivity index (χ0v) is 10.3. The lowest BCUT2D eigenvalue weighted by Crippen LogP contribution is -2.09. The average molecular weight is 249 g/mol. The number of halogens is 1. The predicted octanol–water partition coefficient (Wildman–Crippen LogP) is 2.22. The molecule has 2 aromatic rings. The van der Waals surface area contributed by atoms with Crippen LogP contribution in [0.5, 0.6) is 0 Å². The Kier molecular flexibility index (Phi) is 4.22. The maximum absolute atomic E-state index is 12.7. The van der Waals surface area contributed by atoms with E-state index in [9.17, 15) is 4.39 Å². The average Bonchev–Trinajstić information content (AvgIpc) is 2.83. The van der Waals surface area contributed by atoms with Crippen LogP contribution in [0, 0.1) is 5.82 Å². The first-order valence-corrected chi connectivity index (χ1v) is 6.04. The summed E-state index contributed by atoms with van der Waals surface area (Å²) in [6.45, 7) is 3.50. The fraction of sp³-hybridized carbons (Fsp3) is 0.417. The first kappa shape index (κ1) is 12.5. The van der Waals surface area contributed by atoms with Crippen LogP contribution in [0.4, 0.5) is 10.3 Å². The molecule has 1 N–H and O–H groups in total. The lowest BCUT2D eigenvalue weighted by atomic mass is 10.2. The Balaban J connectivity index is 1.93. The predicted molar refractivity (Wildman–Crippen MR) is 66.5 cm³/mol. The summed E-state index contributed by atoms with van der Waals surface area (Å²) >= 11 is 0. The molecule has 1 aromatic heterocycles. The molecule has 2 rings (SSSR count). The zero-order chi connectivity index (χ0) is 12.8. The highest BCUT2D eigenvalue weighted by Crippen LogP contribution is 2.07. The van der Waals surface area contributed by atoms with Gasteiger partial charge < -0.3 is 5.32 Å². The molecule has 0 aliphatic rings. The maximum atomic E-state index is 12.7. The van der Waals surface area contributed by atoms with E-state index < -0.39 is 0 Å². The van der Waals surface area contributed by atoms with Gasteiger partial charge in [0, 0.05) is 13.1 Å². The number of nitrogens with one attached hydrogen (secondary N) is 1. The number of nitrogens with zero attached hydrogens (tertiary/aromatic N) is 4. The molecular formula is C12H16FN5. The van der Waals surface area contributed by atoms with Gasteiger partial charge in [0.1, 0.15) is 5.82 Å². The van der Waals surface area contributed by atoms with Crippen LogP contribution in [0.25, 0.3) is 0 Å². The molecule has 96 valence electrons. The number of hydrogen-bond acceptors (Lipinski definition) is 4. The van der Waals surface area contributed by atoms with Crippen molar-refractivity contribution in [1.29, 1.82) is 0 Å². The van der Waals surface area contributed by atoms with Gasteiger partial charge >= 0.3 is 0 Å². The highest BCUT2D eigenvalue weighted by molar-refractivity contribution is 5.26. The third kappa shape index (κ3) is 3.26. The van der Waals surface area contributed by atoms with Gasteiger partial charge in [-0.3, -0.25) is 0 Å². The molecule has 0 radical (unpaired) electrons. The van der Waals surface area contributed by atoms with Gasteiger partial charge in [-0.1, -0.05) is 30.6 Å². The minimum atomic E-state index is -0.230. The number of aryl methyl sites for hydroxylation is 1. The highest BCUT2D eigenvalue weighted by atomic mass is 19.1. The molecule has 0 amide bonds. The van der Waals surface area contributed by atoms with Gasteiger partial charge in [0.05, 0.1) is 0 Å². The van der Waals surface area contributed by atoms with E-state index in [-0.39, 0.29) is 5.82 Å². The Bertz CT molecular complexity index is 479. The second-order valence-corrected chi connectivity index (χ2v) is 4.06. The Labute approximate surface area is 105 Å². The van der Waals surface area contributed by atoms with Gasteiger partial charge in [0.25, 0.3) is 0 Å². The van der Waals surface area contributed by atoms with Crippen LogP contribution in [0.1, 0.15) is 25.3 Å². The molecule has 0 unspecified atom stereocenters. The SMILES string of the molecule is CCCCn1nnnc1NCc1ccc(F)cc1. The fourth-order valence-corrected chi connectivity index (χ4v) is 1.57. The van der Waals surface area contributed by atoms with E-state index in [4.69, 9.17) is 0 Å². The van der Waals surface area contributed by atoms with Crippen molar-refractivity contribution in [3.05, 3.63) is 35.6 Å². The van der Waals surface area contributed by atoms with Crippen molar-refractivity contribution in [3.63, 3.8) is 0 Å². The second-order valence-electron chi connectivity index (χ2n) is 4.06. The lowest BCUT2D eigenvalue weighted by Gasteiger charge is -2.06. The summed E-state index contributed by atoms with van der Waals surface area (Å²) in [5.41, 5.74) is 0.987. The largest absolute Gasteiger partial charge is 0.349 e. The number of benzene rings is 1. The number of anilines is 1. The first-order valence-electron chi connectivity index (χ1n) is 6.04. The summed E-state index contributed by atoms with van der Waals surface area (Å²) in [5, 5.41) is 14.6. The van der Waals surface area contributed by atoms with Crippen molar-refractivity contribution in [2.45, 2.75) is 32.9 Å². The molecular weight excluding hydrogens is 233 g/mol. The van der Waals surface area contributed by atoms with Crippen molar-refractivity contribution in [1.82, 2.24) is 20.2 Å². The van der Waals surface area contributed by atoms with Crippen LogP contribution in [-0.4, -0.2) is 20.2 Å². The van der Waals surface area contributed by atoms with Gasteiger partial charge in [-0.2, -0.15) is 0 Å². The van der Waals surface area contributed by atoms with Crippen molar-refractivity contribution >= 4 is 5.95 Å². The minimum Gasteiger partial charge on any atom is -0.349 e. The monoisotopic (exact) mass is 249 g/mol. The van der Waals surface area contributed by atoms with E-state index in [0.29, 0.717) is 12.5 Å². The minimum absolute atomic E-state index is 0.230. The molecule has 0 fully saturated rings. The van der Waals surface area contributed by atoms with E-state index >= 15 is 0 Å². The molecule has 1 aromatic carbocycles. The first-order chi connectivity index (χ1) is 8.79. The Morgan fingerprint density at radius 2 is 2.06 bits per heavy atom. The number of aromatic nitrogens is 4. The summed E-state index contributed by atoms with van der Waals surface area (Å²) in [7, 11) is 0. The van der Waals surface area contributed by atoms with Crippen molar-refractivity contribution in [2.24, 2.45) is 0 Å². The number of hydrogen-bond donors (Lipinski definition) is 1. The molecule has 5 nitrogen and oxygen atoms in total. The van der Waals surface area contributed by atoms with Crippen molar-refractivity contribution < 1.29 is 4.39 Å². The quantitative estimate of drug-likeness (QED) is 0.853. The third-order valence-corrected chi connectivity index (χ3v) is 2.62. The third-order valence-electron chi connectivity index (χ3n) is 2.62. The smallest absolute Gasteiger partial charge is 0.243 e. The molecule has 0 atom stereocenters. The van der Waals surface area contributed by atoms with E-state index in [1.54, 1.807) is 16.8 Å². The molecule has 0 spiro atoms. The topological polar surface area (TPSA) is 55.6 Å². The molecule has 0 aliphatic carbocycles. The second kappa shape index (κ2) is 6.09. The molecule has 0 aliphatic heterocycles. The molecule has 1 heterocycles. The van der Waals surface area contributed by atoms with E-state index in [1.807, 2.05) is 0 Å². The summed E-state index contributed by atoms with van der Waals surface area (Å²) in [4.78, 5) is 0. The molecule has 0 saturated heterocycles. The van der Waals surface area contributed by atoms with Gasteiger partial charge in [0.2, 0.25) is 5.95 Å². The van der Waals surface area contributed by atoms with Crippen LogP contribution in [0.2, 0.25) is 0 Å². The van der Waals surface area contributed by atoms with Crippen LogP contribution in [0.15, 0.2) is 24.3 Å². The summed E-state index contributed by atoms with van der Waals surface area (Å²) in [5.74, 6) is 0.416. The standard InChI is InChI=1S/C12H16FN5/c1-2-3-8-18-12(15-16-17-18)14-9-10-4-6-11(13)7-5-10/h4-7H,2-3,8-9H2,1H3,(H,14,15,17).